The maximum Gasteiger partial charge on any atom is 0.257 e. The molecule has 0 bridgehead atoms. The Morgan fingerprint density at radius 3 is 2.47 bits per heavy atom. The minimum Gasteiger partial charge on any atom is -0.505 e. The van der Waals surface area contributed by atoms with E-state index in [9.17, 15) is 14.7 Å². The molecule has 3 atom stereocenters. The number of hydrogen-bond acceptors (Lipinski definition) is 5. The van der Waals surface area contributed by atoms with Crippen LogP contribution in [0, 0.1) is 17.3 Å². The molecule has 32 heavy (non-hydrogen) atoms. The molecule has 3 aliphatic rings. The van der Waals surface area contributed by atoms with Gasteiger partial charge in [-0.1, -0.05) is 43.3 Å². The molecule has 5 rings (SSSR count). The van der Waals surface area contributed by atoms with Crippen LogP contribution in [0.3, 0.4) is 0 Å². The minimum absolute atomic E-state index is 0.0230. The smallest absolute Gasteiger partial charge is 0.257 e. The summed E-state index contributed by atoms with van der Waals surface area (Å²) in [6, 6.07) is 15.3. The van der Waals surface area contributed by atoms with Crippen LogP contribution in [0.5, 0.6) is 5.75 Å². The number of nitrogens with zero attached hydrogens (tertiary/aromatic N) is 1. The van der Waals surface area contributed by atoms with Gasteiger partial charge in [-0.05, 0) is 42.4 Å². The van der Waals surface area contributed by atoms with Crippen LogP contribution in [0.4, 0.5) is 5.69 Å². The van der Waals surface area contributed by atoms with Crippen LogP contribution in [0.1, 0.15) is 48.1 Å². The van der Waals surface area contributed by atoms with Crippen LogP contribution < -0.4 is 10.6 Å². The first kappa shape index (κ1) is 20.6. The molecule has 0 radical (unpaired) electrons. The predicted molar refractivity (Wildman–Crippen MR) is 123 cm³/mol. The normalized spacial score (nSPS) is 23.0. The van der Waals surface area contributed by atoms with Gasteiger partial charge in [-0.25, -0.2) is 0 Å². The lowest BCUT2D eigenvalue weighted by Gasteiger charge is -2.23. The molecule has 0 aliphatic heterocycles. The highest BCUT2D eigenvalue weighted by molar-refractivity contribution is 6.06. The highest BCUT2D eigenvalue weighted by Crippen LogP contribution is 2.80. The van der Waals surface area contributed by atoms with Gasteiger partial charge in [-0.3, -0.25) is 9.59 Å². The number of phenols is 1. The Morgan fingerprint density at radius 1 is 1.12 bits per heavy atom. The lowest BCUT2D eigenvalue weighted by atomic mass is 10.0. The van der Waals surface area contributed by atoms with Gasteiger partial charge in [0.1, 0.15) is 0 Å². The van der Waals surface area contributed by atoms with Crippen molar-refractivity contribution >= 4 is 17.4 Å². The summed E-state index contributed by atoms with van der Waals surface area (Å²) in [4.78, 5) is 27.2. The predicted octanol–water partition coefficient (Wildman–Crippen LogP) is 4.07. The molecule has 3 N–H and O–H groups in total. The Labute approximate surface area is 188 Å². The number of ketones is 1. The first-order valence-electron chi connectivity index (χ1n) is 11.3. The number of phenolic OH excluding ortho intramolecular Hbond substituents is 1. The molecule has 6 heteroatoms. The molecule has 2 aromatic carbocycles. The van der Waals surface area contributed by atoms with Gasteiger partial charge in [0, 0.05) is 31.6 Å². The van der Waals surface area contributed by atoms with Gasteiger partial charge < -0.3 is 20.6 Å². The highest BCUT2D eigenvalue weighted by Gasteiger charge is 2.79. The van der Waals surface area contributed by atoms with Crippen LogP contribution in [-0.2, 0) is 4.79 Å². The van der Waals surface area contributed by atoms with E-state index in [0.29, 0.717) is 11.4 Å². The number of benzene rings is 2. The topological polar surface area (TPSA) is 81.7 Å². The summed E-state index contributed by atoms with van der Waals surface area (Å²) >= 11 is 0. The van der Waals surface area contributed by atoms with Crippen molar-refractivity contribution in [3.8, 4) is 5.75 Å². The van der Waals surface area contributed by atoms with Gasteiger partial charge in [-0.15, -0.1) is 0 Å². The Kier molecular flexibility index (Phi) is 4.77. The number of nitrogens with one attached hydrogen (secondary N) is 2. The summed E-state index contributed by atoms with van der Waals surface area (Å²) in [6.45, 7) is 2.10. The zero-order valence-electron chi connectivity index (χ0n) is 18.7. The number of rotatable bonds is 7. The number of aromatic hydroxyl groups is 1. The van der Waals surface area contributed by atoms with Gasteiger partial charge in [-0.2, -0.15) is 0 Å². The number of hydrogen-bond donors (Lipinski definition) is 3. The van der Waals surface area contributed by atoms with Gasteiger partial charge in [0.25, 0.3) is 5.91 Å². The number of amides is 1. The van der Waals surface area contributed by atoms with Crippen LogP contribution in [0.15, 0.2) is 59.9 Å². The van der Waals surface area contributed by atoms with Crippen molar-refractivity contribution < 1.29 is 14.7 Å². The van der Waals surface area contributed by atoms with Gasteiger partial charge in [0.2, 0.25) is 0 Å². The minimum atomic E-state index is -0.265. The zero-order valence-corrected chi connectivity index (χ0v) is 18.7. The Balaban J connectivity index is 1.50. The number of anilines is 1. The third-order valence-corrected chi connectivity index (χ3v) is 7.27. The highest BCUT2D eigenvalue weighted by atomic mass is 16.3. The van der Waals surface area contributed by atoms with Crippen molar-refractivity contribution in [1.82, 2.24) is 10.2 Å². The summed E-state index contributed by atoms with van der Waals surface area (Å²) < 4.78 is 0. The molecular formula is C26H29N3O3. The number of para-hydroxylation sites is 1. The first-order chi connectivity index (χ1) is 15.4. The molecular weight excluding hydrogens is 402 g/mol. The lowest BCUT2D eigenvalue weighted by molar-refractivity contribution is -0.117. The lowest BCUT2D eigenvalue weighted by Crippen LogP contribution is -2.28. The monoisotopic (exact) mass is 431 g/mol. The van der Waals surface area contributed by atoms with E-state index in [1.54, 1.807) is 32.3 Å². The van der Waals surface area contributed by atoms with Crippen molar-refractivity contribution in [3.63, 3.8) is 0 Å². The van der Waals surface area contributed by atoms with E-state index in [2.05, 4.69) is 29.7 Å². The molecule has 2 unspecified atom stereocenters. The quantitative estimate of drug-likeness (QED) is 0.576. The standard InChI is InChI=1S/C26H29N3O3/c1-4-17(15-9-6-5-7-10-15)27-22-21(19-20(24(22)31)26(19)13-14-26)28-18-12-8-11-16(23(18)30)25(32)29(2)3/h5-12,17,19-20,27-28,30H,4,13-14H2,1-3H3/t17-,19?,20?/m0/s1. The number of allylic oxidation sites excluding steroid dienone is 2. The van der Waals surface area contributed by atoms with Gasteiger partial charge >= 0.3 is 0 Å². The van der Waals surface area contributed by atoms with E-state index in [-0.39, 0.29) is 46.3 Å². The fourth-order valence-corrected chi connectivity index (χ4v) is 5.34. The van der Waals surface area contributed by atoms with Crippen molar-refractivity contribution in [3.05, 3.63) is 71.1 Å². The average molecular weight is 432 g/mol. The van der Waals surface area contributed by atoms with E-state index < -0.39 is 0 Å². The van der Waals surface area contributed by atoms with E-state index in [1.807, 2.05) is 18.2 Å². The van der Waals surface area contributed by atoms with Crippen LogP contribution in [0.2, 0.25) is 0 Å². The number of Topliss-reactive ketones (excluding diaryl/α,β-unsaturated/α-hetero) is 1. The molecule has 1 amide bonds. The summed E-state index contributed by atoms with van der Waals surface area (Å²) in [5.74, 6) is 0.0194. The van der Waals surface area contributed by atoms with E-state index >= 15 is 0 Å². The second kappa shape index (κ2) is 7.40. The number of fused-ring (bicyclic) bond motifs is 3. The summed E-state index contributed by atoms with van der Waals surface area (Å²) in [5.41, 5.74) is 3.43. The van der Waals surface area contributed by atoms with Crippen molar-refractivity contribution in [2.75, 3.05) is 19.4 Å². The van der Waals surface area contributed by atoms with Crippen LogP contribution >= 0.6 is 0 Å². The Hall–Kier alpha value is -3.28. The first-order valence-corrected chi connectivity index (χ1v) is 11.3. The molecule has 3 aliphatic carbocycles. The zero-order chi connectivity index (χ0) is 22.6. The Bertz CT molecular complexity index is 1120. The van der Waals surface area contributed by atoms with Crippen LogP contribution in [0.25, 0.3) is 0 Å². The SMILES string of the molecule is CC[C@H](NC1=C(Nc2cccc(C(=O)N(C)C)c2O)C2C(C1=O)C21CC1)c1ccccc1. The number of carbonyl (C=O) groups excluding carboxylic acids is 2. The van der Waals surface area contributed by atoms with Crippen molar-refractivity contribution in [2.24, 2.45) is 17.3 Å². The third-order valence-electron chi connectivity index (χ3n) is 7.27. The Morgan fingerprint density at radius 2 is 1.84 bits per heavy atom. The second-order valence-corrected chi connectivity index (χ2v) is 9.38. The number of carbonyl (C=O) groups is 2. The van der Waals surface area contributed by atoms with Crippen molar-refractivity contribution in [2.45, 2.75) is 32.2 Å². The van der Waals surface area contributed by atoms with Gasteiger partial charge in [0.05, 0.1) is 23.0 Å². The molecule has 1 spiro atoms. The molecule has 0 heterocycles. The average Bonchev–Trinajstić information content (AvgIpc) is 3.69. The fourth-order valence-electron chi connectivity index (χ4n) is 5.34. The van der Waals surface area contributed by atoms with E-state index in [1.165, 1.54) is 4.90 Å². The summed E-state index contributed by atoms with van der Waals surface area (Å²) in [6.07, 6.45) is 2.99. The molecule has 2 fully saturated rings. The molecule has 0 aromatic heterocycles. The molecule has 166 valence electrons. The molecule has 6 nitrogen and oxygen atoms in total. The molecule has 2 aromatic rings. The second-order valence-electron chi connectivity index (χ2n) is 9.38. The maximum absolute atomic E-state index is 13.4. The summed E-state index contributed by atoms with van der Waals surface area (Å²) in [7, 11) is 3.31. The van der Waals surface area contributed by atoms with E-state index in [0.717, 1.165) is 30.5 Å². The van der Waals surface area contributed by atoms with Crippen molar-refractivity contribution in [1.29, 1.82) is 0 Å². The van der Waals surface area contributed by atoms with E-state index in [4.69, 9.17) is 0 Å². The summed E-state index contributed by atoms with van der Waals surface area (Å²) in [5, 5.41) is 17.7. The fraction of sp³-hybridized carbons (Fsp3) is 0.385. The maximum atomic E-state index is 13.4. The largest absolute Gasteiger partial charge is 0.505 e. The van der Waals surface area contributed by atoms with Crippen LogP contribution in [-0.4, -0.2) is 35.8 Å². The molecule has 2 saturated carbocycles. The third kappa shape index (κ3) is 3.08. The molecule has 0 saturated heterocycles. The van der Waals surface area contributed by atoms with Gasteiger partial charge in [0.15, 0.2) is 11.5 Å².